The van der Waals surface area contributed by atoms with Gasteiger partial charge in [0.15, 0.2) is 0 Å². The highest BCUT2D eigenvalue weighted by Gasteiger charge is 2.25. The summed E-state index contributed by atoms with van der Waals surface area (Å²) in [5.41, 5.74) is 0.966. The maximum absolute atomic E-state index is 8.74. The first-order valence-electron chi connectivity index (χ1n) is 4.73. The molecule has 0 saturated carbocycles. The summed E-state index contributed by atoms with van der Waals surface area (Å²) in [5, 5.41) is 8.74. The van der Waals surface area contributed by atoms with Crippen LogP contribution in [0.4, 0.5) is 0 Å². The van der Waals surface area contributed by atoms with Crippen molar-refractivity contribution in [3.05, 3.63) is 11.6 Å². The highest BCUT2D eigenvalue weighted by molar-refractivity contribution is 5.25. The molecule has 1 unspecified atom stereocenters. The standard InChI is InChI=1S/C10H14N2/c11-7-9-4-5-10-3-1-2-6-12(10)8-9/h4,10H,1-3,5-6,8H2. The summed E-state index contributed by atoms with van der Waals surface area (Å²) in [6.45, 7) is 2.10. The summed E-state index contributed by atoms with van der Waals surface area (Å²) in [6, 6.07) is 3.00. The van der Waals surface area contributed by atoms with Gasteiger partial charge in [0.25, 0.3) is 0 Å². The van der Waals surface area contributed by atoms with E-state index in [4.69, 9.17) is 5.26 Å². The van der Waals surface area contributed by atoms with Gasteiger partial charge in [-0.1, -0.05) is 12.5 Å². The fourth-order valence-electron chi connectivity index (χ4n) is 2.18. The Hall–Kier alpha value is -0.810. The number of fused-ring (bicyclic) bond motifs is 1. The number of piperidine rings is 1. The van der Waals surface area contributed by atoms with Crippen LogP contribution >= 0.6 is 0 Å². The number of nitrogens with zero attached hydrogens (tertiary/aromatic N) is 2. The van der Waals surface area contributed by atoms with E-state index < -0.39 is 0 Å². The Morgan fingerprint density at radius 2 is 2.42 bits per heavy atom. The third-order valence-corrected chi connectivity index (χ3v) is 2.90. The lowest BCUT2D eigenvalue weighted by molar-refractivity contribution is 0.155. The van der Waals surface area contributed by atoms with Gasteiger partial charge in [-0.05, 0) is 25.8 Å². The lowest BCUT2D eigenvalue weighted by atomic mass is 9.94. The molecule has 0 aromatic carbocycles. The predicted molar refractivity (Wildman–Crippen MR) is 47.5 cm³/mol. The molecule has 0 spiro atoms. The van der Waals surface area contributed by atoms with Gasteiger partial charge in [-0.25, -0.2) is 0 Å². The van der Waals surface area contributed by atoms with E-state index in [1.807, 2.05) is 0 Å². The molecular formula is C10H14N2. The zero-order chi connectivity index (χ0) is 8.39. The zero-order valence-electron chi connectivity index (χ0n) is 7.29. The summed E-state index contributed by atoms with van der Waals surface area (Å²) in [5.74, 6) is 0. The minimum absolute atomic E-state index is 0.746. The van der Waals surface area contributed by atoms with E-state index in [-0.39, 0.29) is 0 Å². The molecule has 1 fully saturated rings. The fourth-order valence-corrected chi connectivity index (χ4v) is 2.18. The Bertz CT molecular complexity index is 237. The molecule has 0 radical (unpaired) electrons. The van der Waals surface area contributed by atoms with Crippen molar-refractivity contribution in [3.63, 3.8) is 0 Å². The Morgan fingerprint density at radius 3 is 3.25 bits per heavy atom. The van der Waals surface area contributed by atoms with Crippen LogP contribution in [-0.2, 0) is 0 Å². The molecule has 12 heavy (non-hydrogen) atoms. The number of hydrogen-bond acceptors (Lipinski definition) is 2. The van der Waals surface area contributed by atoms with Gasteiger partial charge in [0, 0.05) is 18.2 Å². The average molecular weight is 162 g/mol. The van der Waals surface area contributed by atoms with Crippen LogP contribution in [0.3, 0.4) is 0 Å². The zero-order valence-corrected chi connectivity index (χ0v) is 7.29. The van der Waals surface area contributed by atoms with Crippen LogP contribution < -0.4 is 0 Å². The summed E-state index contributed by atoms with van der Waals surface area (Å²) in [4.78, 5) is 2.46. The molecule has 2 heterocycles. The highest BCUT2D eigenvalue weighted by Crippen LogP contribution is 2.24. The molecular weight excluding hydrogens is 148 g/mol. The van der Waals surface area contributed by atoms with Gasteiger partial charge < -0.3 is 0 Å². The van der Waals surface area contributed by atoms with Crippen LogP contribution in [0, 0.1) is 11.3 Å². The lowest BCUT2D eigenvalue weighted by Crippen LogP contribution is -2.42. The Kier molecular flexibility index (Phi) is 2.14. The largest absolute Gasteiger partial charge is 0.295 e. The van der Waals surface area contributed by atoms with E-state index in [0.29, 0.717) is 0 Å². The van der Waals surface area contributed by atoms with Gasteiger partial charge in [0.1, 0.15) is 0 Å². The van der Waals surface area contributed by atoms with Crippen LogP contribution in [0.15, 0.2) is 11.6 Å². The molecule has 0 aliphatic carbocycles. The van der Waals surface area contributed by atoms with Gasteiger partial charge >= 0.3 is 0 Å². The number of hydrogen-bond donors (Lipinski definition) is 0. The van der Waals surface area contributed by atoms with Crippen molar-refractivity contribution in [2.24, 2.45) is 0 Å². The van der Waals surface area contributed by atoms with E-state index in [9.17, 15) is 0 Å². The van der Waals surface area contributed by atoms with E-state index in [1.165, 1.54) is 25.8 Å². The highest BCUT2D eigenvalue weighted by atomic mass is 15.2. The topological polar surface area (TPSA) is 27.0 Å². The Morgan fingerprint density at radius 1 is 1.50 bits per heavy atom. The molecule has 0 aromatic heterocycles. The van der Waals surface area contributed by atoms with Crippen molar-refractivity contribution in [2.75, 3.05) is 13.1 Å². The first-order chi connectivity index (χ1) is 5.90. The molecule has 2 aliphatic heterocycles. The van der Waals surface area contributed by atoms with Gasteiger partial charge in [-0.2, -0.15) is 5.26 Å². The molecule has 2 aliphatic rings. The van der Waals surface area contributed by atoms with Crippen molar-refractivity contribution >= 4 is 0 Å². The SMILES string of the molecule is N#CC1=CCC2CCCCN2C1. The normalized spacial score (nSPS) is 30.2. The van der Waals surface area contributed by atoms with Crippen LogP contribution in [0.25, 0.3) is 0 Å². The minimum Gasteiger partial charge on any atom is -0.295 e. The third kappa shape index (κ3) is 1.37. The second-order valence-electron chi connectivity index (χ2n) is 3.70. The first kappa shape index (κ1) is 7.82. The third-order valence-electron chi connectivity index (χ3n) is 2.90. The molecule has 0 amide bonds. The first-order valence-corrected chi connectivity index (χ1v) is 4.73. The molecule has 64 valence electrons. The summed E-state index contributed by atoms with van der Waals surface area (Å²) >= 11 is 0. The maximum Gasteiger partial charge on any atom is 0.0957 e. The number of rotatable bonds is 0. The number of nitriles is 1. The molecule has 2 rings (SSSR count). The van der Waals surface area contributed by atoms with E-state index in [1.54, 1.807) is 0 Å². The smallest absolute Gasteiger partial charge is 0.0957 e. The quantitative estimate of drug-likeness (QED) is 0.542. The van der Waals surface area contributed by atoms with E-state index in [0.717, 1.165) is 24.6 Å². The van der Waals surface area contributed by atoms with Gasteiger partial charge in [-0.3, -0.25) is 4.90 Å². The van der Waals surface area contributed by atoms with E-state index >= 15 is 0 Å². The van der Waals surface area contributed by atoms with Crippen molar-refractivity contribution in [1.29, 1.82) is 5.26 Å². The average Bonchev–Trinajstić information content (AvgIpc) is 2.17. The van der Waals surface area contributed by atoms with Gasteiger partial charge in [0.2, 0.25) is 0 Å². The van der Waals surface area contributed by atoms with Crippen LogP contribution in [0.5, 0.6) is 0 Å². The molecule has 2 heteroatoms. The van der Waals surface area contributed by atoms with Crippen molar-refractivity contribution in [3.8, 4) is 6.07 Å². The Balaban J connectivity index is 2.06. The molecule has 1 saturated heterocycles. The summed E-state index contributed by atoms with van der Waals surface area (Å²) in [6.07, 6.45) is 7.23. The summed E-state index contributed by atoms with van der Waals surface area (Å²) < 4.78 is 0. The molecule has 0 bridgehead atoms. The fraction of sp³-hybridized carbons (Fsp3) is 0.700. The van der Waals surface area contributed by atoms with Crippen molar-refractivity contribution in [1.82, 2.24) is 4.90 Å². The van der Waals surface area contributed by atoms with Crippen molar-refractivity contribution in [2.45, 2.75) is 31.7 Å². The maximum atomic E-state index is 8.74. The Labute approximate surface area is 73.5 Å². The molecule has 0 aromatic rings. The minimum atomic E-state index is 0.746. The molecule has 1 atom stereocenters. The van der Waals surface area contributed by atoms with Gasteiger partial charge in [-0.15, -0.1) is 0 Å². The summed E-state index contributed by atoms with van der Waals surface area (Å²) in [7, 11) is 0. The second kappa shape index (κ2) is 3.28. The van der Waals surface area contributed by atoms with E-state index in [2.05, 4.69) is 17.0 Å². The molecule has 2 nitrogen and oxygen atoms in total. The van der Waals surface area contributed by atoms with Gasteiger partial charge in [0.05, 0.1) is 6.07 Å². The predicted octanol–water partition coefficient (Wildman–Crippen LogP) is 1.69. The lowest BCUT2D eigenvalue weighted by Gasteiger charge is -2.37. The van der Waals surface area contributed by atoms with Crippen molar-refractivity contribution < 1.29 is 0 Å². The molecule has 0 N–H and O–H groups in total. The van der Waals surface area contributed by atoms with Crippen LogP contribution in [0.2, 0.25) is 0 Å². The second-order valence-corrected chi connectivity index (χ2v) is 3.70. The van der Waals surface area contributed by atoms with Crippen LogP contribution in [0.1, 0.15) is 25.7 Å². The monoisotopic (exact) mass is 162 g/mol. The van der Waals surface area contributed by atoms with Crippen LogP contribution in [-0.4, -0.2) is 24.0 Å².